The number of hydrogen-bond donors (Lipinski definition) is 2. The van der Waals surface area contributed by atoms with E-state index >= 15 is 0 Å². The molecule has 0 heterocycles. The molecule has 1 rings (SSSR count). The average Bonchev–Trinajstić information content (AvgIpc) is 2.26. The largest absolute Gasteiger partial charge is 0.416 e. The summed E-state index contributed by atoms with van der Waals surface area (Å²) in [5, 5.41) is 0. The number of benzene rings is 1. The molecule has 20 heavy (non-hydrogen) atoms. The fourth-order valence-electron chi connectivity index (χ4n) is 1.67. The number of alkyl halides is 3. The Balaban J connectivity index is 3.35. The summed E-state index contributed by atoms with van der Waals surface area (Å²) in [7, 11) is -4.07. The van der Waals surface area contributed by atoms with Crippen LogP contribution in [-0.2, 0) is 16.2 Å². The zero-order valence-electron chi connectivity index (χ0n) is 11.4. The molecule has 1 aromatic rings. The van der Waals surface area contributed by atoms with E-state index in [1.54, 1.807) is 13.8 Å². The third-order valence-electron chi connectivity index (χ3n) is 2.80. The normalized spacial score (nSPS) is 13.6. The van der Waals surface area contributed by atoms with Crippen LogP contribution in [0.25, 0.3) is 0 Å². The van der Waals surface area contributed by atoms with Crippen molar-refractivity contribution < 1.29 is 21.6 Å². The third kappa shape index (κ3) is 3.71. The molecule has 0 bridgehead atoms. The van der Waals surface area contributed by atoms with Gasteiger partial charge in [0.25, 0.3) is 0 Å². The SMILES string of the molecule is Cc1c(C(F)(F)F)cccc1S(=O)(=O)NC(C)(C)CN. The Labute approximate surface area is 116 Å². The lowest BCUT2D eigenvalue weighted by Crippen LogP contribution is -2.48. The molecule has 0 saturated heterocycles. The second kappa shape index (κ2) is 5.34. The van der Waals surface area contributed by atoms with Crippen LogP contribution in [0.15, 0.2) is 23.1 Å². The highest BCUT2D eigenvalue weighted by Crippen LogP contribution is 2.34. The first-order valence-electron chi connectivity index (χ1n) is 5.81. The van der Waals surface area contributed by atoms with Crippen molar-refractivity contribution in [3.63, 3.8) is 0 Å². The summed E-state index contributed by atoms with van der Waals surface area (Å²) in [5.41, 5.74) is 3.18. The summed E-state index contributed by atoms with van der Waals surface area (Å²) in [6, 6.07) is 3.06. The fourth-order valence-corrected chi connectivity index (χ4v) is 3.36. The van der Waals surface area contributed by atoms with Gasteiger partial charge >= 0.3 is 6.18 Å². The molecule has 1 aromatic carbocycles. The van der Waals surface area contributed by atoms with Crippen LogP contribution in [0.3, 0.4) is 0 Å². The Kier molecular flexibility index (Phi) is 4.52. The predicted octanol–water partition coefficient (Wildman–Crippen LogP) is 2.03. The van der Waals surface area contributed by atoms with Gasteiger partial charge in [0, 0.05) is 12.1 Å². The van der Waals surface area contributed by atoms with Crippen LogP contribution in [0.2, 0.25) is 0 Å². The highest BCUT2D eigenvalue weighted by molar-refractivity contribution is 7.89. The number of nitrogens with one attached hydrogen (secondary N) is 1. The molecule has 0 aliphatic heterocycles. The molecule has 8 heteroatoms. The third-order valence-corrected chi connectivity index (χ3v) is 4.64. The van der Waals surface area contributed by atoms with E-state index in [4.69, 9.17) is 5.73 Å². The van der Waals surface area contributed by atoms with Gasteiger partial charge in [-0.25, -0.2) is 13.1 Å². The monoisotopic (exact) mass is 310 g/mol. The Bertz CT molecular complexity index is 595. The van der Waals surface area contributed by atoms with Gasteiger partial charge in [-0.15, -0.1) is 0 Å². The molecule has 0 atom stereocenters. The van der Waals surface area contributed by atoms with Crippen LogP contribution in [0.5, 0.6) is 0 Å². The second-order valence-electron chi connectivity index (χ2n) is 5.12. The lowest BCUT2D eigenvalue weighted by Gasteiger charge is -2.25. The van der Waals surface area contributed by atoms with Gasteiger partial charge in [-0.1, -0.05) is 6.07 Å². The molecular formula is C12H17F3N2O2S. The molecule has 0 aliphatic rings. The fraction of sp³-hybridized carbons (Fsp3) is 0.500. The molecule has 0 spiro atoms. The first kappa shape index (κ1) is 16.9. The minimum Gasteiger partial charge on any atom is -0.329 e. The predicted molar refractivity (Wildman–Crippen MR) is 69.6 cm³/mol. The van der Waals surface area contributed by atoms with E-state index in [-0.39, 0.29) is 12.1 Å². The summed E-state index contributed by atoms with van der Waals surface area (Å²) in [4.78, 5) is -0.395. The summed E-state index contributed by atoms with van der Waals surface area (Å²) < 4.78 is 65.0. The van der Waals surface area contributed by atoms with Gasteiger partial charge in [-0.3, -0.25) is 0 Å². The first-order valence-corrected chi connectivity index (χ1v) is 7.30. The van der Waals surface area contributed by atoms with Gasteiger partial charge in [-0.05, 0) is 38.5 Å². The van der Waals surface area contributed by atoms with Gasteiger partial charge in [0.05, 0.1) is 10.5 Å². The van der Waals surface area contributed by atoms with E-state index in [0.717, 1.165) is 25.1 Å². The maximum absolute atomic E-state index is 12.8. The quantitative estimate of drug-likeness (QED) is 0.894. The first-order chi connectivity index (χ1) is 8.91. The zero-order chi connectivity index (χ0) is 15.8. The maximum Gasteiger partial charge on any atom is 0.416 e. The van der Waals surface area contributed by atoms with Crippen molar-refractivity contribution in [3.8, 4) is 0 Å². The summed E-state index contributed by atoms with van der Waals surface area (Å²) in [6.45, 7) is 4.25. The van der Waals surface area contributed by atoms with Gasteiger partial charge in [0.1, 0.15) is 0 Å². The van der Waals surface area contributed by atoms with Crippen molar-refractivity contribution in [3.05, 3.63) is 29.3 Å². The van der Waals surface area contributed by atoms with Crippen molar-refractivity contribution in [1.29, 1.82) is 0 Å². The van der Waals surface area contributed by atoms with Gasteiger partial charge in [0.2, 0.25) is 10.0 Å². The van der Waals surface area contributed by atoms with Crippen LogP contribution in [0.4, 0.5) is 13.2 Å². The van der Waals surface area contributed by atoms with E-state index in [1.807, 2.05) is 0 Å². The molecule has 0 radical (unpaired) electrons. The highest BCUT2D eigenvalue weighted by atomic mass is 32.2. The Hall–Kier alpha value is -1.12. The Morgan fingerprint density at radius 3 is 2.25 bits per heavy atom. The molecule has 0 saturated carbocycles. The maximum atomic E-state index is 12.8. The van der Waals surface area contributed by atoms with E-state index in [9.17, 15) is 21.6 Å². The standard InChI is InChI=1S/C12H17F3N2O2S/c1-8-9(12(13,14)15)5-4-6-10(8)20(18,19)17-11(2,3)7-16/h4-6,17H,7,16H2,1-3H3. The molecule has 0 aliphatic carbocycles. The molecule has 114 valence electrons. The summed E-state index contributed by atoms with van der Waals surface area (Å²) >= 11 is 0. The van der Waals surface area contributed by atoms with E-state index in [1.165, 1.54) is 0 Å². The van der Waals surface area contributed by atoms with Crippen LogP contribution in [0, 0.1) is 6.92 Å². The molecular weight excluding hydrogens is 293 g/mol. The van der Waals surface area contributed by atoms with Crippen molar-refractivity contribution in [2.24, 2.45) is 5.73 Å². The smallest absolute Gasteiger partial charge is 0.329 e. The van der Waals surface area contributed by atoms with Crippen LogP contribution >= 0.6 is 0 Å². The minimum atomic E-state index is -4.60. The van der Waals surface area contributed by atoms with Gasteiger partial charge < -0.3 is 5.73 Å². The van der Waals surface area contributed by atoms with Crippen LogP contribution in [-0.4, -0.2) is 20.5 Å². The van der Waals surface area contributed by atoms with E-state index in [2.05, 4.69) is 4.72 Å². The molecule has 0 amide bonds. The molecule has 0 fully saturated rings. The van der Waals surface area contributed by atoms with Crippen molar-refractivity contribution in [2.75, 3.05) is 6.54 Å². The summed E-state index contributed by atoms with van der Waals surface area (Å²) in [5.74, 6) is 0. The molecule has 3 N–H and O–H groups in total. The van der Waals surface area contributed by atoms with Gasteiger partial charge in [0.15, 0.2) is 0 Å². The second-order valence-corrected chi connectivity index (χ2v) is 6.77. The minimum absolute atomic E-state index is 0.0181. The lowest BCUT2D eigenvalue weighted by molar-refractivity contribution is -0.138. The number of rotatable bonds is 4. The Morgan fingerprint density at radius 2 is 1.80 bits per heavy atom. The molecule has 0 unspecified atom stereocenters. The number of halogens is 3. The average molecular weight is 310 g/mol. The van der Waals surface area contributed by atoms with E-state index in [0.29, 0.717) is 0 Å². The Morgan fingerprint density at radius 1 is 1.25 bits per heavy atom. The van der Waals surface area contributed by atoms with Gasteiger partial charge in [-0.2, -0.15) is 13.2 Å². The zero-order valence-corrected chi connectivity index (χ0v) is 12.2. The topological polar surface area (TPSA) is 72.2 Å². The molecule has 4 nitrogen and oxygen atoms in total. The number of sulfonamides is 1. The van der Waals surface area contributed by atoms with Crippen molar-refractivity contribution in [2.45, 2.75) is 37.4 Å². The van der Waals surface area contributed by atoms with Crippen LogP contribution in [0.1, 0.15) is 25.0 Å². The summed E-state index contributed by atoms with van der Waals surface area (Å²) in [6.07, 6.45) is -4.60. The number of nitrogens with two attached hydrogens (primary N) is 1. The van der Waals surface area contributed by atoms with E-state index < -0.39 is 32.2 Å². The van der Waals surface area contributed by atoms with Crippen molar-refractivity contribution in [1.82, 2.24) is 4.72 Å². The molecule has 0 aromatic heterocycles. The van der Waals surface area contributed by atoms with Crippen LogP contribution < -0.4 is 10.5 Å². The van der Waals surface area contributed by atoms with Crippen molar-refractivity contribution >= 4 is 10.0 Å². The number of hydrogen-bond acceptors (Lipinski definition) is 3. The lowest BCUT2D eigenvalue weighted by atomic mass is 10.1. The highest BCUT2D eigenvalue weighted by Gasteiger charge is 2.35.